The molecule has 12 fully saturated rings. The van der Waals surface area contributed by atoms with E-state index in [1.807, 2.05) is 0 Å². The van der Waals surface area contributed by atoms with Crippen LogP contribution in [0.2, 0.25) is 0 Å². The van der Waals surface area contributed by atoms with Gasteiger partial charge in [-0.3, -0.25) is 4.79 Å². The molecule has 8 heterocycles. The SMILES string of the molecule is C[C@@H]1O[C@@H](O[C@H]2[C@H](O)[C@@H](O)[C@H](OC[C@H]3O[C@@H](OC(=O)[C@]45CCC(C)(C)C[C@H]4C4=CC[C@@H]6[C@@]7(C)CC[C@H](O[C@@H]8OC[C@H](O)[C@H](O)[C@H]8O[C@@H]8O[C@@H](C)[C@H](O[C@@H]9O[C@H](CO)[C@@H](O)[C@H](O)[C@H]9O)[C@@H](O[C@@H]9OC[C@@H](O)[C@@H](O)[C@H]9O)[C@H]8O)C(C)(C)[C@@H]7CC[C@@]6(C)[C@]4(C)CC5)[C@H](O)[C@@H](O)[C@@H]3O)O[C@@H]2CO)[C@H](O)[C@H](O[C@@H]2O[C@H](CO)[C@@H](O)[C@H](O)[C@H]2O)[C@H]1O. The van der Waals surface area contributed by atoms with E-state index in [0.717, 1.165) is 18.4 Å². The Morgan fingerprint density at radius 3 is 1.51 bits per heavy atom. The van der Waals surface area contributed by atoms with Crippen LogP contribution >= 0.6 is 0 Å². The molecule has 13 rings (SSSR count). The van der Waals surface area contributed by atoms with Crippen LogP contribution in [0.1, 0.15) is 127 Å². The van der Waals surface area contributed by atoms with Crippen LogP contribution in [0.15, 0.2) is 11.6 Å². The minimum absolute atomic E-state index is 0.0252. The second-order valence-electron chi connectivity index (χ2n) is 36.6. The molecule has 13 aliphatic rings. The number of aliphatic hydroxyl groups excluding tert-OH is 22. The van der Waals surface area contributed by atoms with Crippen LogP contribution in [0.25, 0.3) is 0 Å². The van der Waals surface area contributed by atoms with Crippen molar-refractivity contribution in [1.29, 1.82) is 0 Å². The molecular weight excluding hydrogens is 1540 g/mol. The first-order chi connectivity index (χ1) is 54.0. The second kappa shape index (κ2) is 34.7. The van der Waals surface area contributed by atoms with Crippen LogP contribution in [-0.4, -0.2) is 397 Å². The summed E-state index contributed by atoms with van der Waals surface area (Å²) in [5.41, 5.74) is -1.94. The molecule has 46 atom stereocenters. The molecule has 0 bridgehead atoms. The van der Waals surface area contributed by atoms with Gasteiger partial charge in [0.2, 0.25) is 6.29 Å². The first kappa shape index (κ1) is 90.5. The average molecular weight is 1660 g/mol. The van der Waals surface area contributed by atoms with Gasteiger partial charge in [0.15, 0.2) is 44.0 Å². The fourth-order valence-electron chi connectivity index (χ4n) is 21.7. The summed E-state index contributed by atoms with van der Waals surface area (Å²) in [6.07, 6.45) is -57.8. The average Bonchev–Trinajstić information content (AvgIpc) is 0.673. The van der Waals surface area contributed by atoms with Crippen LogP contribution in [0.4, 0.5) is 0 Å². The van der Waals surface area contributed by atoms with E-state index in [-0.39, 0.29) is 40.6 Å². The van der Waals surface area contributed by atoms with E-state index < -0.39 is 295 Å². The number of carbonyl (C=O) groups is 1. The number of fused-ring (bicyclic) bond motifs is 7. The molecule has 0 aromatic carbocycles. The van der Waals surface area contributed by atoms with Gasteiger partial charge in [-0.25, -0.2) is 0 Å². The molecule has 8 saturated heterocycles. The van der Waals surface area contributed by atoms with Gasteiger partial charge < -0.3 is 188 Å². The van der Waals surface area contributed by atoms with Crippen molar-refractivity contribution in [3.05, 3.63) is 11.6 Å². The Morgan fingerprint density at radius 1 is 0.409 bits per heavy atom. The standard InChI is InChI=1S/C76H124O39/c1-27-40(82)59(112-65-52(94)47(89)44(86)34(22-78)106-65)55(97)67(103-27)111-58-35(23-79)107-62(54(96)49(58)91)102-26-36-45(87)48(90)53(95)66(108-36)115-70(99)76-18-16-71(3,4)20-30(76)29-10-11-38-73(7)14-13-39(72(5,6)37(73)12-15-75(38,9)74(29,8)17-19-76)109-69-61(42(84)32(81)25-101-69)114-68-56(98)60(113-63-50(92)41(83)31(80)24-100-63)57(28(2)104-68)110-64-51(93)46(88)43(85)33(21-77)105-64/h10,27-28,30-69,77-98H,11-26H2,1-9H3/t27-,28-,30-,31+,32-,33+,34+,35+,36+,37-,38+,39-,40-,41+,42-,43+,44+,45+,46-,47-,48-,49+,50+,51+,52+,53+,54+,55+,56+,57-,58+,59+,60-,61+,62+,63-,64-,65-,66-,67-,68-,69-,73-,74+,75+,76-/m0/s1. The third-order valence-corrected chi connectivity index (χ3v) is 29.0. The number of hydrogen-bond donors (Lipinski definition) is 22. The topological polar surface area (TPSA) is 610 Å². The van der Waals surface area contributed by atoms with Crippen LogP contribution in [-0.2, 0) is 80.6 Å². The molecule has 0 spiro atoms. The number of aliphatic hydroxyl groups is 22. The van der Waals surface area contributed by atoms with Crippen molar-refractivity contribution in [2.75, 3.05) is 39.6 Å². The van der Waals surface area contributed by atoms with E-state index in [1.165, 1.54) is 13.8 Å². The summed E-state index contributed by atoms with van der Waals surface area (Å²) in [4.78, 5) is 15.5. The van der Waals surface area contributed by atoms with Gasteiger partial charge in [0, 0.05) is 0 Å². The molecule has 22 N–H and O–H groups in total. The van der Waals surface area contributed by atoms with E-state index >= 15 is 4.79 Å². The highest BCUT2D eigenvalue weighted by molar-refractivity contribution is 5.79. The van der Waals surface area contributed by atoms with Gasteiger partial charge in [-0.15, -0.1) is 0 Å². The van der Waals surface area contributed by atoms with Crippen LogP contribution < -0.4 is 0 Å². The number of hydrogen-bond acceptors (Lipinski definition) is 39. The maximum absolute atomic E-state index is 15.5. The molecule has 662 valence electrons. The summed E-state index contributed by atoms with van der Waals surface area (Å²) in [5, 5.41) is 241. The van der Waals surface area contributed by atoms with Crippen molar-refractivity contribution in [2.45, 2.75) is 366 Å². The molecule has 0 aromatic heterocycles. The number of esters is 1. The quantitative estimate of drug-likeness (QED) is 0.0306. The van der Waals surface area contributed by atoms with Crippen molar-refractivity contribution in [3.63, 3.8) is 0 Å². The Labute approximate surface area is 664 Å². The Kier molecular flexibility index (Phi) is 27.3. The molecule has 0 aromatic rings. The van der Waals surface area contributed by atoms with Gasteiger partial charge >= 0.3 is 5.97 Å². The Bertz CT molecular complexity index is 3290. The van der Waals surface area contributed by atoms with Gasteiger partial charge in [-0.05, 0) is 123 Å². The Morgan fingerprint density at radius 2 is 0.896 bits per heavy atom. The van der Waals surface area contributed by atoms with Crippen molar-refractivity contribution in [3.8, 4) is 0 Å². The van der Waals surface area contributed by atoms with E-state index in [1.54, 1.807) is 0 Å². The van der Waals surface area contributed by atoms with Crippen molar-refractivity contribution in [1.82, 2.24) is 0 Å². The summed E-state index contributed by atoms with van der Waals surface area (Å²) in [5.74, 6) is -0.893. The zero-order valence-electron chi connectivity index (χ0n) is 65.9. The van der Waals surface area contributed by atoms with Gasteiger partial charge in [0.25, 0.3) is 0 Å². The minimum Gasteiger partial charge on any atom is -0.432 e. The monoisotopic (exact) mass is 1660 g/mol. The van der Waals surface area contributed by atoms with Crippen molar-refractivity contribution in [2.24, 2.45) is 50.2 Å². The highest BCUT2D eigenvalue weighted by atomic mass is 16.8. The smallest absolute Gasteiger partial charge is 0.315 e. The van der Waals surface area contributed by atoms with E-state index in [0.29, 0.717) is 51.4 Å². The normalized spacial score (nSPS) is 54.6. The Balaban J connectivity index is 0.666. The second-order valence-corrected chi connectivity index (χ2v) is 36.6. The fraction of sp³-hybridized carbons (Fsp3) is 0.961. The predicted octanol–water partition coefficient (Wildman–Crippen LogP) is -7.41. The van der Waals surface area contributed by atoms with E-state index in [4.69, 9.17) is 75.8 Å². The third-order valence-electron chi connectivity index (χ3n) is 29.0. The summed E-state index contributed by atoms with van der Waals surface area (Å²) < 4.78 is 96.0. The third kappa shape index (κ3) is 16.2. The highest BCUT2D eigenvalue weighted by Crippen LogP contribution is 2.76. The summed E-state index contributed by atoms with van der Waals surface area (Å²) in [6, 6.07) is 0. The van der Waals surface area contributed by atoms with Crippen molar-refractivity contribution >= 4 is 5.97 Å². The van der Waals surface area contributed by atoms with Gasteiger partial charge in [0.1, 0.15) is 171 Å². The lowest BCUT2D eigenvalue weighted by Gasteiger charge is -2.71. The van der Waals surface area contributed by atoms with Crippen LogP contribution in [0.5, 0.6) is 0 Å². The maximum Gasteiger partial charge on any atom is 0.315 e. The lowest BCUT2D eigenvalue weighted by Crippen LogP contribution is -2.67. The number of carbonyl (C=O) groups excluding carboxylic acids is 1. The lowest BCUT2D eigenvalue weighted by molar-refractivity contribution is -0.396. The first-order valence-electron chi connectivity index (χ1n) is 40.4. The molecule has 0 radical (unpaired) electrons. The molecule has 4 saturated carbocycles. The van der Waals surface area contributed by atoms with E-state index in [2.05, 4.69) is 54.5 Å². The molecule has 39 heteroatoms. The summed E-state index contributed by atoms with van der Waals surface area (Å²) in [6.45, 7) is 14.3. The zero-order chi connectivity index (χ0) is 83.7. The minimum atomic E-state index is -2.02. The molecule has 0 amide bonds. The molecule has 115 heavy (non-hydrogen) atoms. The first-order valence-corrected chi connectivity index (χ1v) is 40.4. The largest absolute Gasteiger partial charge is 0.432 e. The molecule has 39 nitrogen and oxygen atoms in total. The summed E-state index contributed by atoms with van der Waals surface area (Å²) in [7, 11) is 0. The lowest BCUT2D eigenvalue weighted by atomic mass is 9.33. The molecule has 5 aliphatic carbocycles. The van der Waals surface area contributed by atoms with Gasteiger partial charge in [-0.1, -0.05) is 60.1 Å². The fourth-order valence-corrected chi connectivity index (χ4v) is 21.7. The molecule has 8 aliphatic heterocycles. The van der Waals surface area contributed by atoms with Gasteiger partial charge in [-0.2, -0.15) is 0 Å². The molecule has 0 unspecified atom stereocenters. The summed E-state index contributed by atoms with van der Waals surface area (Å²) >= 11 is 0. The van der Waals surface area contributed by atoms with Gasteiger partial charge in [0.05, 0.1) is 63.4 Å². The zero-order valence-corrected chi connectivity index (χ0v) is 65.9. The van der Waals surface area contributed by atoms with Crippen LogP contribution in [0, 0.1) is 50.2 Å². The highest BCUT2D eigenvalue weighted by Gasteiger charge is 2.71. The Hall–Kier alpha value is -2.27. The molecular formula is C76H124O39. The van der Waals surface area contributed by atoms with Crippen molar-refractivity contribution < 1.29 is 193 Å². The maximum atomic E-state index is 15.5. The predicted molar refractivity (Wildman–Crippen MR) is 379 cm³/mol. The number of rotatable bonds is 20. The number of ether oxygens (including phenoxy) is 16. The van der Waals surface area contributed by atoms with E-state index in [9.17, 15) is 112 Å². The number of allylic oxidation sites excluding steroid dienone is 2. The van der Waals surface area contributed by atoms with Crippen LogP contribution in [0.3, 0.4) is 0 Å².